The maximum absolute atomic E-state index is 13.1. The van der Waals surface area contributed by atoms with E-state index in [-0.39, 0.29) is 17.8 Å². The van der Waals surface area contributed by atoms with Crippen molar-refractivity contribution >= 4 is 17.6 Å². The highest BCUT2D eigenvalue weighted by Crippen LogP contribution is 2.32. The normalized spacial score (nSPS) is 23.6. The quantitative estimate of drug-likeness (QED) is 0.826. The Balaban J connectivity index is 1.35. The van der Waals surface area contributed by atoms with E-state index in [0.29, 0.717) is 6.67 Å². The number of benzene rings is 1. The molecule has 1 N–H and O–H groups in total. The zero-order valence-electron chi connectivity index (χ0n) is 15.6. The van der Waals surface area contributed by atoms with Gasteiger partial charge in [-0.25, -0.2) is 14.1 Å². The molecular formula is C20H27FN4O2. The van der Waals surface area contributed by atoms with E-state index in [9.17, 15) is 14.0 Å². The van der Waals surface area contributed by atoms with Gasteiger partial charge in [0.1, 0.15) is 11.4 Å². The molecule has 3 aliphatic rings. The molecule has 4 rings (SSSR count). The summed E-state index contributed by atoms with van der Waals surface area (Å²) in [7, 11) is 0. The van der Waals surface area contributed by atoms with E-state index in [1.807, 2.05) is 0 Å². The molecule has 0 bridgehead atoms. The summed E-state index contributed by atoms with van der Waals surface area (Å²) < 4.78 is 13.1. The van der Waals surface area contributed by atoms with Crippen LogP contribution in [0.4, 0.5) is 14.9 Å². The Morgan fingerprint density at radius 2 is 1.56 bits per heavy atom. The minimum atomic E-state index is -0.663. The van der Waals surface area contributed by atoms with E-state index >= 15 is 0 Å². The van der Waals surface area contributed by atoms with Crippen molar-refractivity contribution in [3.05, 3.63) is 30.1 Å². The number of hydrogen-bond acceptors (Lipinski definition) is 4. The number of hydrogen-bond donors (Lipinski definition) is 1. The number of anilines is 1. The van der Waals surface area contributed by atoms with Crippen molar-refractivity contribution < 1.29 is 14.0 Å². The Labute approximate surface area is 159 Å². The van der Waals surface area contributed by atoms with Gasteiger partial charge in [0.15, 0.2) is 0 Å². The summed E-state index contributed by atoms with van der Waals surface area (Å²) in [5, 5.41) is 3.00. The van der Waals surface area contributed by atoms with Crippen LogP contribution in [0.2, 0.25) is 0 Å². The SMILES string of the molecule is O=C1NC2(CCCCCC2)C(=O)N1CN1CCN(c2ccc(F)cc2)CC1. The van der Waals surface area contributed by atoms with Crippen LogP contribution in [0, 0.1) is 5.82 Å². The molecule has 7 heteroatoms. The highest BCUT2D eigenvalue weighted by molar-refractivity contribution is 6.07. The summed E-state index contributed by atoms with van der Waals surface area (Å²) in [5.41, 5.74) is 0.340. The fraction of sp³-hybridized carbons (Fsp3) is 0.600. The number of nitrogens with one attached hydrogen (secondary N) is 1. The zero-order valence-corrected chi connectivity index (χ0v) is 15.6. The van der Waals surface area contributed by atoms with Crippen LogP contribution in [0.15, 0.2) is 24.3 Å². The van der Waals surface area contributed by atoms with Crippen LogP contribution >= 0.6 is 0 Å². The summed E-state index contributed by atoms with van der Waals surface area (Å²) in [6.45, 7) is 3.47. The van der Waals surface area contributed by atoms with E-state index in [2.05, 4.69) is 15.1 Å². The van der Waals surface area contributed by atoms with Gasteiger partial charge >= 0.3 is 6.03 Å². The van der Waals surface area contributed by atoms with Gasteiger partial charge < -0.3 is 10.2 Å². The molecular weight excluding hydrogens is 347 g/mol. The van der Waals surface area contributed by atoms with Gasteiger partial charge in [-0.15, -0.1) is 0 Å². The van der Waals surface area contributed by atoms with E-state index in [4.69, 9.17) is 0 Å². The van der Waals surface area contributed by atoms with E-state index in [1.165, 1.54) is 17.0 Å². The molecule has 0 unspecified atom stereocenters. The van der Waals surface area contributed by atoms with Crippen LogP contribution in [0.3, 0.4) is 0 Å². The fourth-order valence-electron chi connectivity index (χ4n) is 4.48. The first-order chi connectivity index (χ1) is 13.1. The van der Waals surface area contributed by atoms with Crippen molar-refractivity contribution in [3.63, 3.8) is 0 Å². The predicted molar refractivity (Wildman–Crippen MR) is 101 cm³/mol. The van der Waals surface area contributed by atoms with Gasteiger partial charge in [-0.3, -0.25) is 9.69 Å². The van der Waals surface area contributed by atoms with Crippen LogP contribution in [0.1, 0.15) is 38.5 Å². The number of carbonyl (C=O) groups is 2. The smallest absolute Gasteiger partial charge is 0.326 e. The summed E-state index contributed by atoms with van der Waals surface area (Å²) in [4.78, 5) is 31.2. The number of carbonyl (C=O) groups excluding carboxylic acids is 2. The van der Waals surface area contributed by atoms with Crippen LogP contribution in [-0.2, 0) is 4.79 Å². The molecule has 1 spiro atoms. The molecule has 146 valence electrons. The third kappa shape index (κ3) is 3.65. The van der Waals surface area contributed by atoms with Crippen LogP contribution in [-0.4, -0.2) is 60.1 Å². The molecule has 0 aromatic heterocycles. The lowest BCUT2D eigenvalue weighted by atomic mass is 9.90. The first-order valence-electron chi connectivity index (χ1n) is 9.94. The number of amides is 3. The largest absolute Gasteiger partial charge is 0.369 e. The van der Waals surface area contributed by atoms with E-state index in [1.54, 1.807) is 12.1 Å². The summed E-state index contributed by atoms with van der Waals surface area (Å²) in [6, 6.07) is 6.28. The van der Waals surface area contributed by atoms with Crippen molar-refractivity contribution in [3.8, 4) is 0 Å². The standard InChI is InChI=1S/C20H27FN4O2/c21-16-5-7-17(8-6-16)24-13-11-23(12-14-24)15-25-18(26)20(22-19(25)27)9-3-1-2-4-10-20/h5-8H,1-4,9-15H2,(H,22,27). The summed E-state index contributed by atoms with van der Waals surface area (Å²) >= 11 is 0. The topological polar surface area (TPSA) is 55.9 Å². The second kappa shape index (κ2) is 7.46. The molecule has 27 heavy (non-hydrogen) atoms. The third-order valence-electron chi connectivity index (χ3n) is 6.11. The minimum Gasteiger partial charge on any atom is -0.369 e. The number of urea groups is 1. The average molecular weight is 374 g/mol. The number of piperazine rings is 1. The molecule has 0 atom stereocenters. The zero-order chi connectivity index (χ0) is 18.9. The molecule has 2 saturated heterocycles. The predicted octanol–water partition coefficient (Wildman–Crippen LogP) is 2.55. The molecule has 1 aliphatic carbocycles. The van der Waals surface area contributed by atoms with E-state index in [0.717, 1.165) is 70.4 Å². The molecule has 1 saturated carbocycles. The molecule has 1 aromatic rings. The third-order valence-corrected chi connectivity index (χ3v) is 6.11. The van der Waals surface area contributed by atoms with Gasteiger partial charge in [0.25, 0.3) is 5.91 Å². The summed E-state index contributed by atoms with van der Waals surface area (Å²) in [5.74, 6) is -0.279. The van der Waals surface area contributed by atoms with E-state index < -0.39 is 5.54 Å². The maximum Gasteiger partial charge on any atom is 0.326 e. The molecule has 2 heterocycles. The Bertz CT molecular complexity index is 692. The van der Waals surface area contributed by atoms with Crippen molar-refractivity contribution in [1.82, 2.24) is 15.1 Å². The molecule has 1 aromatic carbocycles. The number of imide groups is 1. The molecule has 3 amide bonds. The van der Waals surface area contributed by atoms with Crippen molar-refractivity contribution in [2.45, 2.75) is 44.1 Å². The van der Waals surface area contributed by atoms with Crippen LogP contribution in [0.25, 0.3) is 0 Å². The van der Waals surface area contributed by atoms with Gasteiger partial charge in [0.05, 0.1) is 6.67 Å². The second-order valence-electron chi connectivity index (χ2n) is 7.88. The number of nitrogens with zero attached hydrogens (tertiary/aromatic N) is 3. The molecule has 0 radical (unpaired) electrons. The second-order valence-corrected chi connectivity index (χ2v) is 7.88. The minimum absolute atomic E-state index is 0.0460. The Morgan fingerprint density at radius 3 is 2.19 bits per heavy atom. The van der Waals surface area contributed by atoms with Crippen LogP contribution in [0.5, 0.6) is 0 Å². The van der Waals surface area contributed by atoms with Gasteiger partial charge in [0, 0.05) is 31.9 Å². The Kier molecular flexibility index (Phi) is 5.04. The van der Waals surface area contributed by atoms with Crippen LogP contribution < -0.4 is 10.2 Å². The highest BCUT2D eigenvalue weighted by Gasteiger charge is 2.50. The molecule has 6 nitrogen and oxygen atoms in total. The first-order valence-corrected chi connectivity index (χ1v) is 9.94. The number of halogens is 1. The molecule has 2 aliphatic heterocycles. The Hall–Kier alpha value is -2.15. The number of rotatable bonds is 3. The maximum atomic E-state index is 13.1. The van der Waals surface area contributed by atoms with Crippen molar-refractivity contribution in [2.24, 2.45) is 0 Å². The lowest BCUT2D eigenvalue weighted by molar-refractivity contribution is -0.133. The Morgan fingerprint density at radius 1 is 0.926 bits per heavy atom. The monoisotopic (exact) mass is 374 g/mol. The van der Waals surface area contributed by atoms with Gasteiger partial charge in [-0.2, -0.15) is 0 Å². The van der Waals surface area contributed by atoms with Gasteiger partial charge in [0.2, 0.25) is 0 Å². The fourth-order valence-corrected chi connectivity index (χ4v) is 4.48. The van der Waals surface area contributed by atoms with Crippen molar-refractivity contribution in [2.75, 3.05) is 37.7 Å². The first kappa shape index (κ1) is 18.2. The van der Waals surface area contributed by atoms with Gasteiger partial charge in [-0.05, 0) is 37.1 Å². The molecule has 3 fully saturated rings. The summed E-state index contributed by atoms with van der Waals surface area (Å²) in [6.07, 6.45) is 5.78. The van der Waals surface area contributed by atoms with Crippen molar-refractivity contribution in [1.29, 1.82) is 0 Å². The lowest BCUT2D eigenvalue weighted by Gasteiger charge is -2.37. The highest BCUT2D eigenvalue weighted by atomic mass is 19.1. The van der Waals surface area contributed by atoms with Gasteiger partial charge in [-0.1, -0.05) is 25.7 Å². The average Bonchev–Trinajstić information content (AvgIpc) is 2.84. The lowest BCUT2D eigenvalue weighted by Crippen LogP contribution is -2.52.